The molecule has 0 N–H and O–H groups in total. The van der Waals surface area contributed by atoms with E-state index in [0.717, 1.165) is 22.4 Å². The molecule has 1 aromatic heterocycles. The van der Waals surface area contributed by atoms with Gasteiger partial charge < -0.3 is 9.47 Å². The van der Waals surface area contributed by atoms with Gasteiger partial charge in [0.1, 0.15) is 11.4 Å². The van der Waals surface area contributed by atoms with Gasteiger partial charge in [-0.15, -0.1) is 0 Å². The average molecular weight is 422 g/mol. The van der Waals surface area contributed by atoms with E-state index in [0.29, 0.717) is 23.9 Å². The number of halogens is 1. The third-order valence-electron chi connectivity index (χ3n) is 5.35. The van der Waals surface area contributed by atoms with Gasteiger partial charge in [0.15, 0.2) is 0 Å². The van der Waals surface area contributed by atoms with E-state index in [1.807, 2.05) is 54.6 Å². The van der Waals surface area contributed by atoms with E-state index in [-0.39, 0.29) is 11.1 Å². The molecule has 3 aromatic rings. The average Bonchev–Trinajstić information content (AvgIpc) is 3.50. The molecule has 1 fully saturated rings. The van der Waals surface area contributed by atoms with Crippen molar-refractivity contribution < 1.29 is 14.3 Å². The lowest BCUT2D eigenvalue weighted by Crippen LogP contribution is -2.09. The lowest BCUT2D eigenvalue weighted by atomic mass is 9.96. The van der Waals surface area contributed by atoms with Crippen molar-refractivity contribution in [2.45, 2.75) is 26.7 Å². The maximum Gasteiger partial charge on any atom is 0.356 e. The second kappa shape index (κ2) is 8.49. The van der Waals surface area contributed by atoms with Crippen LogP contribution in [0.5, 0.6) is 5.75 Å². The molecule has 1 saturated carbocycles. The molecule has 0 atom stereocenters. The molecule has 0 unspecified atom stereocenters. The van der Waals surface area contributed by atoms with Crippen molar-refractivity contribution in [3.63, 3.8) is 0 Å². The van der Waals surface area contributed by atoms with Gasteiger partial charge in [0.2, 0.25) is 0 Å². The monoisotopic (exact) mass is 421 g/mol. The van der Waals surface area contributed by atoms with Crippen LogP contribution >= 0.6 is 11.6 Å². The van der Waals surface area contributed by atoms with Crippen molar-refractivity contribution in [3.8, 4) is 28.1 Å². The Labute approximate surface area is 181 Å². The Hall–Kier alpha value is -2.85. The molecule has 0 bridgehead atoms. The number of hydrogen-bond acceptors (Lipinski definition) is 4. The number of nitrogens with zero attached hydrogens (tertiary/aromatic N) is 1. The molecule has 0 amide bonds. The Balaban J connectivity index is 1.75. The largest absolute Gasteiger partial charge is 0.492 e. The molecular formula is C25H24ClNO3. The van der Waals surface area contributed by atoms with E-state index in [9.17, 15) is 4.79 Å². The molecule has 2 aromatic carbocycles. The summed E-state index contributed by atoms with van der Waals surface area (Å²) in [6, 6.07) is 19.0. The molecule has 154 valence electrons. The highest BCUT2D eigenvalue weighted by Crippen LogP contribution is 2.46. The van der Waals surface area contributed by atoms with Crippen LogP contribution in [0.4, 0.5) is 0 Å². The minimum atomic E-state index is -0.429. The van der Waals surface area contributed by atoms with Gasteiger partial charge in [-0.25, -0.2) is 9.78 Å². The van der Waals surface area contributed by atoms with Gasteiger partial charge >= 0.3 is 5.97 Å². The number of carbonyl (C=O) groups excluding carboxylic acids is 1. The summed E-state index contributed by atoms with van der Waals surface area (Å²) in [5, 5.41) is 0.637. The molecule has 0 spiro atoms. The minimum absolute atomic E-state index is 0.270. The molecule has 1 heterocycles. The summed E-state index contributed by atoms with van der Waals surface area (Å²) >= 11 is 6.34. The normalized spacial score (nSPS) is 14.2. The van der Waals surface area contributed by atoms with Crippen LogP contribution in [0, 0.1) is 5.41 Å². The summed E-state index contributed by atoms with van der Waals surface area (Å²) in [6.45, 7) is 5.00. The molecule has 1 aliphatic rings. The molecule has 4 nitrogen and oxygen atoms in total. The highest BCUT2D eigenvalue weighted by molar-refractivity contribution is 6.31. The van der Waals surface area contributed by atoms with Crippen molar-refractivity contribution in [2.75, 3.05) is 13.2 Å². The lowest BCUT2D eigenvalue weighted by Gasteiger charge is -2.17. The summed E-state index contributed by atoms with van der Waals surface area (Å²) in [4.78, 5) is 16.7. The van der Waals surface area contributed by atoms with Crippen molar-refractivity contribution in [2.24, 2.45) is 5.41 Å². The Morgan fingerprint density at radius 2 is 1.80 bits per heavy atom. The maximum atomic E-state index is 12.1. The van der Waals surface area contributed by atoms with Crippen LogP contribution in [0.25, 0.3) is 22.4 Å². The van der Waals surface area contributed by atoms with Crippen molar-refractivity contribution in [1.82, 2.24) is 4.98 Å². The Morgan fingerprint density at radius 3 is 2.53 bits per heavy atom. The van der Waals surface area contributed by atoms with E-state index >= 15 is 0 Å². The molecular weight excluding hydrogens is 398 g/mol. The zero-order valence-electron chi connectivity index (χ0n) is 17.2. The fourth-order valence-electron chi connectivity index (χ4n) is 3.29. The quantitative estimate of drug-likeness (QED) is 0.413. The minimum Gasteiger partial charge on any atom is -0.492 e. The van der Waals surface area contributed by atoms with E-state index in [2.05, 4.69) is 11.9 Å². The molecule has 5 heteroatoms. The fourth-order valence-corrected chi connectivity index (χ4v) is 3.47. The summed E-state index contributed by atoms with van der Waals surface area (Å²) < 4.78 is 11.3. The summed E-state index contributed by atoms with van der Waals surface area (Å²) in [5.74, 6) is 0.364. The second-order valence-corrected chi connectivity index (χ2v) is 8.35. The molecule has 0 radical (unpaired) electrons. The SMILES string of the molecule is CCOC(=O)c1cccc(-c2ccccc2-c2cc(Cl)ccc2OCC2(C)CC2)n1. The third-order valence-corrected chi connectivity index (χ3v) is 5.58. The van der Waals surface area contributed by atoms with Crippen molar-refractivity contribution >= 4 is 17.6 Å². The van der Waals surface area contributed by atoms with Crippen molar-refractivity contribution in [3.05, 3.63) is 71.4 Å². The summed E-state index contributed by atoms with van der Waals surface area (Å²) in [7, 11) is 0. The van der Waals surface area contributed by atoms with Crippen LogP contribution < -0.4 is 4.74 Å². The zero-order chi connectivity index (χ0) is 21.1. The second-order valence-electron chi connectivity index (χ2n) is 7.91. The van der Waals surface area contributed by atoms with Crippen LogP contribution in [-0.4, -0.2) is 24.2 Å². The van der Waals surface area contributed by atoms with Crippen LogP contribution in [0.15, 0.2) is 60.7 Å². The molecule has 1 aliphatic carbocycles. The van der Waals surface area contributed by atoms with Crippen LogP contribution in [0.1, 0.15) is 37.2 Å². The number of aromatic nitrogens is 1. The van der Waals surface area contributed by atoms with E-state index in [1.165, 1.54) is 12.8 Å². The molecule has 4 rings (SSSR count). The topological polar surface area (TPSA) is 48.4 Å². The summed E-state index contributed by atoms with van der Waals surface area (Å²) in [6.07, 6.45) is 2.38. The molecule has 30 heavy (non-hydrogen) atoms. The number of rotatable bonds is 7. The van der Waals surface area contributed by atoms with Gasteiger partial charge in [-0.1, -0.05) is 48.9 Å². The van der Waals surface area contributed by atoms with Gasteiger partial charge in [0, 0.05) is 21.6 Å². The third kappa shape index (κ3) is 4.49. The molecule has 0 saturated heterocycles. The van der Waals surface area contributed by atoms with Gasteiger partial charge in [-0.3, -0.25) is 0 Å². The van der Waals surface area contributed by atoms with Gasteiger partial charge in [0.05, 0.1) is 18.9 Å². The maximum absolute atomic E-state index is 12.1. The highest BCUT2D eigenvalue weighted by atomic mass is 35.5. The first-order valence-electron chi connectivity index (χ1n) is 10.2. The predicted octanol–water partition coefficient (Wildman–Crippen LogP) is 6.42. The molecule has 0 aliphatic heterocycles. The number of pyridine rings is 1. The van der Waals surface area contributed by atoms with Crippen LogP contribution in [0.3, 0.4) is 0 Å². The lowest BCUT2D eigenvalue weighted by molar-refractivity contribution is 0.0519. The number of esters is 1. The smallest absolute Gasteiger partial charge is 0.356 e. The first-order chi connectivity index (χ1) is 14.5. The van der Waals surface area contributed by atoms with E-state index in [1.54, 1.807) is 13.0 Å². The van der Waals surface area contributed by atoms with E-state index in [4.69, 9.17) is 21.1 Å². The van der Waals surface area contributed by atoms with Gasteiger partial charge in [0.25, 0.3) is 0 Å². The Bertz CT molecular complexity index is 1080. The number of ether oxygens (including phenoxy) is 2. The van der Waals surface area contributed by atoms with Gasteiger partial charge in [-0.2, -0.15) is 0 Å². The van der Waals surface area contributed by atoms with E-state index < -0.39 is 5.97 Å². The first kappa shape index (κ1) is 20.4. The standard InChI is InChI=1S/C25H24ClNO3/c1-3-29-24(28)22-10-6-9-21(27-22)19-8-5-4-7-18(19)20-15-17(26)11-12-23(20)30-16-25(2)13-14-25/h4-12,15H,3,13-14,16H2,1-2H3. The van der Waals surface area contributed by atoms with Crippen molar-refractivity contribution in [1.29, 1.82) is 0 Å². The highest BCUT2D eigenvalue weighted by Gasteiger charge is 2.38. The summed E-state index contributed by atoms with van der Waals surface area (Å²) in [5.41, 5.74) is 4.00. The van der Waals surface area contributed by atoms with Gasteiger partial charge in [-0.05, 0) is 55.7 Å². The zero-order valence-corrected chi connectivity index (χ0v) is 17.9. The number of hydrogen-bond donors (Lipinski definition) is 0. The number of carbonyl (C=O) groups is 1. The van der Waals surface area contributed by atoms with Crippen LogP contribution in [-0.2, 0) is 4.74 Å². The Kier molecular flexibility index (Phi) is 5.78. The van der Waals surface area contributed by atoms with Crippen LogP contribution in [0.2, 0.25) is 5.02 Å². The number of benzene rings is 2. The first-order valence-corrected chi connectivity index (χ1v) is 10.5. The Morgan fingerprint density at radius 1 is 1.03 bits per heavy atom. The predicted molar refractivity (Wildman–Crippen MR) is 119 cm³/mol. The fraction of sp³-hybridized carbons (Fsp3) is 0.280.